The van der Waals surface area contributed by atoms with E-state index in [4.69, 9.17) is 9.47 Å². The molecule has 0 bridgehead atoms. The largest absolute Gasteiger partial charge is 0.373 e. The normalized spacial score (nSPS) is 10.0. The summed E-state index contributed by atoms with van der Waals surface area (Å²) in [6, 6.07) is 20.3. The molecule has 6 N–H and O–H groups in total. The molecule has 4 nitrogen and oxygen atoms in total. The standard InChI is InChI=1S/C18H20O2.2H3N/c1-3-9-17(10-4-1)15-19-13-7-8-14-20-16-18-11-5-2-6-12-18;;/h1-12H,13-16H2;2*1H3/b8-7+;;. The van der Waals surface area contributed by atoms with Crippen molar-refractivity contribution >= 4 is 0 Å². The van der Waals surface area contributed by atoms with Gasteiger partial charge in [0.05, 0.1) is 26.4 Å². The molecule has 0 spiro atoms. The molecule has 0 unspecified atom stereocenters. The average Bonchev–Trinajstić information content (AvgIpc) is 2.52. The Kier molecular flexibility index (Phi) is 11.6. The fourth-order valence-electron chi connectivity index (χ4n) is 1.77. The van der Waals surface area contributed by atoms with E-state index in [2.05, 4.69) is 24.3 Å². The number of ether oxygens (including phenoxy) is 2. The van der Waals surface area contributed by atoms with Crippen molar-refractivity contribution in [3.8, 4) is 0 Å². The molecule has 4 heteroatoms. The lowest BCUT2D eigenvalue weighted by Gasteiger charge is -2.02. The van der Waals surface area contributed by atoms with Gasteiger partial charge in [-0.1, -0.05) is 72.8 Å². The predicted octanol–water partition coefficient (Wildman–Crippen LogP) is 4.30. The van der Waals surface area contributed by atoms with Gasteiger partial charge >= 0.3 is 0 Å². The summed E-state index contributed by atoms with van der Waals surface area (Å²) in [6.07, 6.45) is 3.99. The van der Waals surface area contributed by atoms with Gasteiger partial charge in [-0.05, 0) is 11.1 Å². The third-order valence-corrected chi connectivity index (χ3v) is 2.82. The van der Waals surface area contributed by atoms with E-state index in [0.717, 1.165) is 0 Å². The second kappa shape index (κ2) is 12.7. The van der Waals surface area contributed by atoms with E-state index in [-0.39, 0.29) is 12.3 Å². The molecule has 0 fully saturated rings. The van der Waals surface area contributed by atoms with Crippen molar-refractivity contribution in [3.63, 3.8) is 0 Å². The average molecular weight is 302 g/mol. The summed E-state index contributed by atoms with van der Waals surface area (Å²) in [4.78, 5) is 0. The maximum absolute atomic E-state index is 5.54. The number of hydrogen-bond acceptors (Lipinski definition) is 4. The smallest absolute Gasteiger partial charge is 0.0721 e. The Hall–Kier alpha value is -1.98. The molecule has 0 aliphatic carbocycles. The Morgan fingerprint density at radius 3 is 1.32 bits per heavy atom. The molecule has 0 saturated heterocycles. The first kappa shape index (κ1) is 20.0. The van der Waals surface area contributed by atoms with Crippen molar-refractivity contribution in [2.45, 2.75) is 13.2 Å². The van der Waals surface area contributed by atoms with Gasteiger partial charge in [0.2, 0.25) is 0 Å². The van der Waals surface area contributed by atoms with Crippen LogP contribution in [0.1, 0.15) is 11.1 Å². The van der Waals surface area contributed by atoms with E-state index in [0.29, 0.717) is 26.4 Å². The number of hydrogen-bond donors (Lipinski definition) is 2. The number of rotatable bonds is 8. The zero-order chi connectivity index (χ0) is 13.9. The molecule has 0 saturated carbocycles. The summed E-state index contributed by atoms with van der Waals surface area (Å²) >= 11 is 0. The van der Waals surface area contributed by atoms with Crippen molar-refractivity contribution in [1.29, 1.82) is 0 Å². The quantitative estimate of drug-likeness (QED) is 0.562. The van der Waals surface area contributed by atoms with Crippen LogP contribution in [0.25, 0.3) is 0 Å². The lowest BCUT2D eigenvalue weighted by atomic mass is 10.2. The maximum Gasteiger partial charge on any atom is 0.0721 e. The third kappa shape index (κ3) is 8.34. The highest BCUT2D eigenvalue weighted by Gasteiger charge is 1.90. The van der Waals surface area contributed by atoms with Crippen LogP contribution in [0.5, 0.6) is 0 Å². The molecule has 0 aliphatic rings. The third-order valence-electron chi connectivity index (χ3n) is 2.82. The van der Waals surface area contributed by atoms with Crippen LogP contribution in [-0.4, -0.2) is 13.2 Å². The van der Waals surface area contributed by atoms with Crippen molar-refractivity contribution in [2.75, 3.05) is 13.2 Å². The van der Waals surface area contributed by atoms with Gasteiger partial charge in [-0.15, -0.1) is 0 Å². The van der Waals surface area contributed by atoms with Crippen molar-refractivity contribution in [1.82, 2.24) is 12.3 Å². The van der Waals surface area contributed by atoms with Gasteiger partial charge < -0.3 is 21.8 Å². The van der Waals surface area contributed by atoms with Crippen molar-refractivity contribution in [3.05, 3.63) is 83.9 Å². The Morgan fingerprint density at radius 1 is 0.591 bits per heavy atom. The van der Waals surface area contributed by atoms with Crippen LogP contribution >= 0.6 is 0 Å². The van der Waals surface area contributed by atoms with E-state index < -0.39 is 0 Å². The molecule has 0 radical (unpaired) electrons. The highest BCUT2D eigenvalue weighted by Crippen LogP contribution is 2.01. The summed E-state index contributed by atoms with van der Waals surface area (Å²) in [7, 11) is 0. The van der Waals surface area contributed by atoms with E-state index >= 15 is 0 Å². The monoisotopic (exact) mass is 302 g/mol. The lowest BCUT2D eigenvalue weighted by Crippen LogP contribution is -1.94. The van der Waals surface area contributed by atoms with E-state index in [9.17, 15) is 0 Å². The fraction of sp³-hybridized carbons (Fsp3) is 0.222. The topological polar surface area (TPSA) is 88.5 Å². The Labute approximate surface area is 132 Å². The summed E-state index contributed by atoms with van der Waals surface area (Å²) in [6.45, 7) is 2.53. The lowest BCUT2D eigenvalue weighted by molar-refractivity contribution is 0.140. The van der Waals surface area contributed by atoms with E-state index in [1.165, 1.54) is 11.1 Å². The fourth-order valence-corrected chi connectivity index (χ4v) is 1.77. The SMILES string of the molecule is C(=C\COCc1ccccc1)/COCc1ccccc1.N.N. The van der Waals surface area contributed by atoms with E-state index in [1.807, 2.05) is 48.6 Å². The molecule has 0 aromatic heterocycles. The van der Waals surface area contributed by atoms with Gasteiger partial charge in [-0.2, -0.15) is 0 Å². The molecule has 2 aromatic carbocycles. The number of benzene rings is 2. The first-order chi connectivity index (χ1) is 9.95. The van der Waals surface area contributed by atoms with Crippen LogP contribution in [0, 0.1) is 0 Å². The summed E-state index contributed by atoms with van der Waals surface area (Å²) in [5.74, 6) is 0. The van der Waals surface area contributed by atoms with Gasteiger partial charge in [-0.3, -0.25) is 0 Å². The van der Waals surface area contributed by atoms with Crippen LogP contribution in [0.3, 0.4) is 0 Å². The molecule has 2 aromatic rings. The molecular formula is C18H26N2O2. The van der Waals surface area contributed by atoms with Crippen LogP contribution in [0.2, 0.25) is 0 Å². The van der Waals surface area contributed by atoms with Gasteiger partial charge in [0.15, 0.2) is 0 Å². The minimum absolute atomic E-state index is 0. The van der Waals surface area contributed by atoms with Gasteiger partial charge in [0.1, 0.15) is 0 Å². The highest BCUT2D eigenvalue weighted by molar-refractivity contribution is 5.14. The molecule has 2 rings (SSSR count). The minimum Gasteiger partial charge on any atom is -0.373 e. The van der Waals surface area contributed by atoms with Gasteiger partial charge in [0, 0.05) is 0 Å². The van der Waals surface area contributed by atoms with Crippen molar-refractivity contribution < 1.29 is 9.47 Å². The zero-order valence-corrected chi connectivity index (χ0v) is 13.0. The molecule has 0 atom stereocenters. The molecule has 0 aliphatic heterocycles. The second-order valence-corrected chi connectivity index (χ2v) is 4.47. The summed E-state index contributed by atoms with van der Waals surface area (Å²) < 4.78 is 11.1. The molecule has 0 amide bonds. The zero-order valence-electron chi connectivity index (χ0n) is 13.0. The first-order valence-corrected chi connectivity index (χ1v) is 6.83. The Bertz CT molecular complexity index is 454. The Balaban J connectivity index is 0.00000220. The molecular weight excluding hydrogens is 276 g/mol. The molecule has 0 heterocycles. The first-order valence-electron chi connectivity index (χ1n) is 6.83. The van der Waals surface area contributed by atoms with Crippen LogP contribution < -0.4 is 12.3 Å². The van der Waals surface area contributed by atoms with Crippen LogP contribution in [0.4, 0.5) is 0 Å². The maximum atomic E-state index is 5.54. The van der Waals surface area contributed by atoms with Gasteiger partial charge in [-0.25, -0.2) is 0 Å². The summed E-state index contributed by atoms with van der Waals surface area (Å²) in [5.41, 5.74) is 2.39. The highest BCUT2D eigenvalue weighted by atomic mass is 16.5. The minimum atomic E-state index is 0. The van der Waals surface area contributed by atoms with E-state index in [1.54, 1.807) is 0 Å². The van der Waals surface area contributed by atoms with Crippen molar-refractivity contribution in [2.24, 2.45) is 0 Å². The molecule has 120 valence electrons. The predicted molar refractivity (Wildman–Crippen MR) is 91.4 cm³/mol. The molecule has 22 heavy (non-hydrogen) atoms. The van der Waals surface area contributed by atoms with Crippen LogP contribution in [-0.2, 0) is 22.7 Å². The Morgan fingerprint density at radius 2 is 0.955 bits per heavy atom. The summed E-state index contributed by atoms with van der Waals surface area (Å²) in [5, 5.41) is 0. The van der Waals surface area contributed by atoms with Gasteiger partial charge in [0.25, 0.3) is 0 Å². The van der Waals surface area contributed by atoms with Crippen LogP contribution in [0.15, 0.2) is 72.8 Å². The second-order valence-electron chi connectivity index (χ2n) is 4.47.